The van der Waals surface area contributed by atoms with Crippen molar-refractivity contribution in [2.24, 2.45) is 0 Å². The first kappa shape index (κ1) is 46.1. The number of nitrogens with zero attached hydrogens (tertiary/aromatic N) is 4. The Kier molecular flexibility index (Phi) is 18.7. The van der Waals surface area contributed by atoms with Crippen molar-refractivity contribution in [3.05, 3.63) is 223 Å². The van der Waals surface area contributed by atoms with Gasteiger partial charge in [0, 0.05) is 83.3 Å². The summed E-state index contributed by atoms with van der Waals surface area (Å²) in [6.07, 6.45) is 16.2. The van der Waals surface area contributed by atoms with Gasteiger partial charge in [-0.05, 0) is 138 Å². The Hall–Kier alpha value is -5.90. The average molecular weight is 882 g/mol. The Morgan fingerprint density at radius 1 is 0.422 bits per heavy atom. The smallest absolute Gasteiger partial charge is 0.123 e. The van der Waals surface area contributed by atoms with E-state index in [1.807, 2.05) is 72.8 Å². The van der Waals surface area contributed by atoms with Crippen LogP contribution in [0.2, 0.25) is 0 Å². The molecule has 0 fully saturated rings. The van der Waals surface area contributed by atoms with Crippen LogP contribution < -0.4 is 5.32 Å². The second kappa shape index (κ2) is 26.0. The Labute approximate surface area is 387 Å². The lowest BCUT2D eigenvalue weighted by Gasteiger charge is -2.23. The number of thioether (sulfide) groups is 2. The standard InChI is InChI=1S/C34H32FN3S.C22H24N2S/c35-33-15-13-30(14-16-33)32-20-28(22-37-24-32)26-38(17-7-8-18-39-34-11-5-2-6-12-34)25-27-19-31(23-36-21-27)29-9-3-1-4-10-29;1-3-9-20(10-4-1)21-15-19(17-24-18-21)16-23-13-7-8-14-25-22-11-5-2-6-12-22/h1-6,9-16,19-24H,7-8,17-18,25-26H2;1-6,9-12,15,17-18,23H,7-8,13-14,16H2. The highest BCUT2D eigenvalue weighted by molar-refractivity contribution is 7.99. The molecule has 0 aliphatic rings. The number of unbranched alkanes of at least 4 members (excludes halogenated alkanes) is 2. The van der Waals surface area contributed by atoms with Gasteiger partial charge in [0.2, 0.25) is 0 Å². The third kappa shape index (κ3) is 15.7. The lowest BCUT2D eigenvalue weighted by Crippen LogP contribution is -2.24. The van der Waals surface area contributed by atoms with Crippen LogP contribution in [0.3, 0.4) is 0 Å². The van der Waals surface area contributed by atoms with Gasteiger partial charge in [-0.3, -0.25) is 19.9 Å². The predicted molar refractivity (Wildman–Crippen MR) is 268 cm³/mol. The zero-order valence-electron chi connectivity index (χ0n) is 36.3. The highest BCUT2D eigenvalue weighted by atomic mass is 32.2. The van der Waals surface area contributed by atoms with E-state index in [4.69, 9.17) is 0 Å². The monoisotopic (exact) mass is 881 g/mol. The number of halogens is 1. The Morgan fingerprint density at radius 2 is 0.844 bits per heavy atom. The molecule has 64 heavy (non-hydrogen) atoms. The van der Waals surface area contributed by atoms with Gasteiger partial charge in [-0.2, -0.15) is 0 Å². The molecule has 0 saturated carbocycles. The minimum absolute atomic E-state index is 0.231. The first-order chi connectivity index (χ1) is 31.6. The van der Waals surface area contributed by atoms with E-state index in [1.54, 1.807) is 12.1 Å². The van der Waals surface area contributed by atoms with Gasteiger partial charge in [-0.1, -0.05) is 109 Å². The number of rotatable bonds is 21. The maximum atomic E-state index is 13.4. The van der Waals surface area contributed by atoms with E-state index in [1.165, 1.54) is 68.3 Å². The van der Waals surface area contributed by atoms with Gasteiger partial charge in [0.05, 0.1) is 0 Å². The molecule has 0 bridgehead atoms. The minimum atomic E-state index is -0.231. The van der Waals surface area contributed by atoms with Gasteiger partial charge in [0.25, 0.3) is 0 Å². The summed E-state index contributed by atoms with van der Waals surface area (Å²) in [7, 11) is 0. The third-order valence-corrected chi connectivity index (χ3v) is 12.8. The summed E-state index contributed by atoms with van der Waals surface area (Å²) >= 11 is 3.85. The van der Waals surface area contributed by atoms with Crippen LogP contribution in [0.15, 0.2) is 211 Å². The molecule has 0 aliphatic carbocycles. The van der Waals surface area contributed by atoms with E-state index < -0.39 is 0 Å². The molecule has 0 radical (unpaired) electrons. The maximum absolute atomic E-state index is 13.4. The van der Waals surface area contributed by atoms with Gasteiger partial charge in [0.15, 0.2) is 0 Å². The Balaban J connectivity index is 0.000000211. The van der Waals surface area contributed by atoms with Gasteiger partial charge in [0.1, 0.15) is 5.82 Å². The second-order valence-corrected chi connectivity index (χ2v) is 17.9. The molecule has 0 aliphatic heterocycles. The molecule has 8 heteroatoms. The van der Waals surface area contributed by atoms with E-state index in [2.05, 4.69) is 153 Å². The molecule has 324 valence electrons. The van der Waals surface area contributed by atoms with Crippen LogP contribution in [-0.4, -0.2) is 44.4 Å². The van der Waals surface area contributed by atoms with E-state index >= 15 is 0 Å². The molecule has 5 aromatic carbocycles. The van der Waals surface area contributed by atoms with Gasteiger partial charge < -0.3 is 5.32 Å². The Morgan fingerprint density at radius 3 is 1.34 bits per heavy atom. The molecule has 3 heterocycles. The summed E-state index contributed by atoms with van der Waals surface area (Å²) in [5.41, 5.74) is 10.2. The van der Waals surface area contributed by atoms with Crippen LogP contribution in [0.25, 0.3) is 33.4 Å². The lowest BCUT2D eigenvalue weighted by molar-refractivity contribution is 0.252. The number of benzene rings is 5. The molecule has 1 N–H and O–H groups in total. The predicted octanol–water partition coefficient (Wildman–Crippen LogP) is 13.9. The van der Waals surface area contributed by atoms with Crippen LogP contribution in [0.5, 0.6) is 0 Å². The number of aromatic nitrogens is 3. The quantitative estimate of drug-likeness (QED) is 0.0570. The van der Waals surface area contributed by atoms with E-state index in [-0.39, 0.29) is 5.82 Å². The molecule has 8 aromatic rings. The van der Waals surface area contributed by atoms with Crippen molar-refractivity contribution in [3.63, 3.8) is 0 Å². The summed E-state index contributed by atoms with van der Waals surface area (Å²) < 4.78 is 13.4. The van der Waals surface area contributed by atoms with Crippen molar-refractivity contribution >= 4 is 23.5 Å². The molecule has 8 rings (SSSR count). The van der Waals surface area contributed by atoms with E-state index in [0.717, 1.165) is 73.6 Å². The van der Waals surface area contributed by atoms with Crippen molar-refractivity contribution < 1.29 is 4.39 Å². The molecule has 0 amide bonds. The van der Waals surface area contributed by atoms with Crippen molar-refractivity contribution in [1.29, 1.82) is 0 Å². The number of nitrogens with one attached hydrogen (secondary N) is 1. The minimum Gasteiger partial charge on any atom is -0.313 e. The van der Waals surface area contributed by atoms with Crippen LogP contribution in [-0.2, 0) is 19.6 Å². The first-order valence-corrected chi connectivity index (χ1v) is 24.1. The zero-order chi connectivity index (χ0) is 43.9. The second-order valence-electron chi connectivity index (χ2n) is 15.6. The van der Waals surface area contributed by atoms with Crippen molar-refractivity contribution in [1.82, 2.24) is 25.2 Å². The number of hydrogen-bond acceptors (Lipinski definition) is 7. The fourth-order valence-electron chi connectivity index (χ4n) is 7.28. The maximum Gasteiger partial charge on any atom is 0.123 e. The van der Waals surface area contributed by atoms with Gasteiger partial charge in [-0.15, -0.1) is 23.5 Å². The lowest BCUT2D eigenvalue weighted by atomic mass is 10.0. The fourth-order valence-corrected chi connectivity index (χ4v) is 9.14. The largest absolute Gasteiger partial charge is 0.313 e. The molecule has 0 unspecified atom stereocenters. The highest BCUT2D eigenvalue weighted by Gasteiger charge is 2.11. The van der Waals surface area contributed by atoms with Crippen LogP contribution in [0.1, 0.15) is 42.4 Å². The fraction of sp³-hybridized carbons (Fsp3) is 0.196. The molecule has 0 spiro atoms. The molecular weight excluding hydrogens is 826 g/mol. The van der Waals surface area contributed by atoms with Crippen molar-refractivity contribution in [3.8, 4) is 33.4 Å². The summed E-state index contributed by atoms with van der Waals surface area (Å²) in [5.74, 6) is 2.05. The Bertz CT molecular complexity index is 2530. The van der Waals surface area contributed by atoms with Gasteiger partial charge >= 0.3 is 0 Å². The molecule has 3 aromatic heterocycles. The van der Waals surface area contributed by atoms with E-state index in [0.29, 0.717) is 0 Å². The molecule has 5 nitrogen and oxygen atoms in total. The van der Waals surface area contributed by atoms with Crippen LogP contribution in [0, 0.1) is 5.82 Å². The van der Waals surface area contributed by atoms with Crippen molar-refractivity contribution in [2.75, 3.05) is 24.6 Å². The van der Waals surface area contributed by atoms with E-state index in [9.17, 15) is 4.39 Å². The van der Waals surface area contributed by atoms with Crippen LogP contribution >= 0.6 is 23.5 Å². The normalized spacial score (nSPS) is 11.0. The zero-order valence-corrected chi connectivity index (χ0v) is 37.9. The average Bonchev–Trinajstić information content (AvgIpc) is 3.35. The highest BCUT2D eigenvalue weighted by Crippen LogP contribution is 2.25. The van der Waals surface area contributed by atoms with Gasteiger partial charge in [-0.25, -0.2) is 4.39 Å². The summed E-state index contributed by atoms with van der Waals surface area (Å²) in [4.78, 5) is 18.6. The van der Waals surface area contributed by atoms with Crippen LogP contribution in [0.4, 0.5) is 4.39 Å². The summed E-state index contributed by atoms with van der Waals surface area (Å²) in [5, 5.41) is 3.53. The molecule has 0 saturated heterocycles. The summed E-state index contributed by atoms with van der Waals surface area (Å²) in [6, 6.07) is 55.2. The third-order valence-electron chi connectivity index (χ3n) is 10.6. The number of hydrogen-bond donors (Lipinski definition) is 1. The van der Waals surface area contributed by atoms with Crippen molar-refractivity contribution in [2.45, 2.75) is 55.1 Å². The molecular formula is C56H56FN5S2. The SMILES string of the molecule is Fc1ccc(-c2cncc(CN(CCCCSc3ccccc3)Cc3cncc(-c4ccccc4)c3)c2)cc1.c1ccc(SCCCCNCc2cncc(-c3ccccc3)c2)cc1. The first-order valence-electron chi connectivity index (χ1n) is 22.1. The molecule has 0 atom stereocenters. The summed E-state index contributed by atoms with van der Waals surface area (Å²) in [6.45, 7) is 4.49. The number of pyridine rings is 3. The topological polar surface area (TPSA) is 53.9 Å².